The number of hydrogen-bond acceptors (Lipinski definition) is 4. The lowest BCUT2D eigenvalue weighted by molar-refractivity contribution is -0.120. The maximum absolute atomic E-state index is 12.0. The van der Waals surface area contributed by atoms with Gasteiger partial charge in [0.05, 0.1) is 7.11 Å². The second-order valence-corrected chi connectivity index (χ2v) is 4.53. The molecular weight excluding hydrogens is 258 g/mol. The molecule has 5 nitrogen and oxygen atoms in total. The summed E-state index contributed by atoms with van der Waals surface area (Å²) in [6.07, 6.45) is 0.638. The molecule has 0 bridgehead atoms. The van der Waals surface area contributed by atoms with E-state index in [1.54, 1.807) is 20.2 Å². The minimum Gasteiger partial charge on any atom is -0.497 e. The monoisotopic (exact) mass is 275 g/mol. The lowest BCUT2D eigenvalue weighted by Crippen LogP contribution is -2.20. The Morgan fingerprint density at radius 2 is 2.15 bits per heavy atom. The van der Waals surface area contributed by atoms with Crippen LogP contribution in [0.25, 0.3) is 11.0 Å². The summed E-state index contributed by atoms with van der Waals surface area (Å²) in [6.45, 7) is 1.87. The van der Waals surface area contributed by atoms with Gasteiger partial charge in [-0.15, -0.1) is 0 Å². The predicted molar refractivity (Wildman–Crippen MR) is 76.2 cm³/mol. The molecule has 5 heteroatoms. The van der Waals surface area contributed by atoms with Gasteiger partial charge in [0.2, 0.25) is 5.91 Å². The summed E-state index contributed by atoms with van der Waals surface area (Å²) in [5, 5.41) is 3.40. The molecule has 0 saturated carbocycles. The van der Waals surface area contributed by atoms with Crippen molar-refractivity contribution in [3.05, 3.63) is 39.7 Å². The average molecular weight is 275 g/mol. The van der Waals surface area contributed by atoms with Crippen molar-refractivity contribution in [2.45, 2.75) is 19.8 Å². The maximum Gasteiger partial charge on any atom is 0.339 e. The van der Waals surface area contributed by atoms with Crippen molar-refractivity contribution in [1.29, 1.82) is 0 Å². The number of nitrogens with one attached hydrogen (secondary N) is 1. The van der Waals surface area contributed by atoms with E-state index in [4.69, 9.17) is 9.15 Å². The van der Waals surface area contributed by atoms with Gasteiger partial charge in [-0.1, -0.05) is 0 Å². The predicted octanol–water partition coefficient (Wildman–Crippen LogP) is 1.79. The number of amides is 1. The number of benzene rings is 1. The fourth-order valence-electron chi connectivity index (χ4n) is 2.15. The van der Waals surface area contributed by atoms with Crippen molar-refractivity contribution >= 4 is 16.9 Å². The van der Waals surface area contributed by atoms with E-state index in [2.05, 4.69) is 5.32 Å². The molecule has 1 aromatic heterocycles. The number of aryl methyl sites for hydroxylation is 1. The van der Waals surface area contributed by atoms with Crippen LogP contribution in [-0.4, -0.2) is 20.1 Å². The molecular formula is C15H17NO4. The van der Waals surface area contributed by atoms with Crippen molar-refractivity contribution in [1.82, 2.24) is 5.32 Å². The van der Waals surface area contributed by atoms with Gasteiger partial charge in [-0.2, -0.15) is 0 Å². The normalized spacial score (nSPS) is 10.6. The number of carbonyl (C=O) groups excluding carboxylic acids is 1. The number of hydrogen-bond donors (Lipinski definition) is 1. The van der Waals surface area contributed by atoms with Crippen LogP contribution in [0.1, 0.15) is 17.5 Å². The zero-order chi connectivity index (χ0) is 14.7. The van der Waals surface area contributed by atoms with Gasteiger partial charge in [0.15, 0.2) is 0 Å². The minimum atomic E-state index is -0.396. The van der Waals surface area contributed by atoms with E-state index in [-0.39, 0.29) is 12.3 Å². The molecule has 1 N–H and O–H groups in total. The Balaban J connectivity index is 2.46. The number of carbonyl (C=O) groups is 1. The quantitative estimate of drug-likeness (QED) is 0.864. The van der Waals surface area contributed by atoms with E-state index in [0.717, 1.165) is 10.9 Å². The first kappa shape index (κ1) is 14.1. The summed E-state index contributed by atoms with van der Waals surface area (Å²) >= 11 is 0. The van der Waals surface area contributed by atoms with E-state index < -0.39 is 5.63 Å². The van der Waals surface area contributed by atoms with Crippen LogP contribution in [0.15, 0.2) is 27.4 Å². The van der Waals surface area contributed by atoms with Crippen LogP contribution >= 0.6 is 0 Å². The molecule has 20 heavy (non-hydrogen) atoms. The number of ether oxygens (including phenoxy) is 1. The molecule has 0 fully saturated rings. The molecule has 106 valence electrons. The zero-order valence-corrected chi connectivity index (χ0v) is 11.8. The van der Waals surface area contributed by atoms with Gasteiger partial charge in [0, 0.05) is 30.5 Å². The van der Waals surface area contributed by atoms with Crippen molar-refractivity contribution in [2.75, 3.05) is 14.2 Å². The third-order valence-corrected chi connectivity index (χ3v) is 3.38. The Labute approximate surface area is 116 Å². The zero-order valence-electron chi connectivity index (χ0n) is 11.8. The van der Waals surface area contributed by atoms with E-state index in [0.29, 0.717) is 23.3 Å². The Hall–Kier alpha value is -2.30. The molecule has 0 aliphatic rings. The Morgan fingerprint density at radius 1 is 1.40 bits per heavy atom. The molecule has 1 aromatic carbocycles. The summed E-state index contributed by atoms with van der Waals surface area (Å²) in [4.78, 5) is 23.3. The highest BCUT2D eigenvalue weighted by atomic mass is 16.5. The van der Waals surface area contributed by atoms with Crippen LogP contribution < -0.4 is 15.7 Å². The van der Waals surface area contributed by atoms with Crippen LogP contribution in [0.4, 0.5) is 0 Å². The van der Waals surface area contributed by atoms with Gasteiger partial charge in [-0.05, 0) is 31.0 Å². The first-order valence-electron chi connectivity index (χ1n) is 6.37. The fourth-order valence-corrected chi connectivity index (χ4v) is 2.15. The highest BCUT2D eigenvalue weighted by Gasteiger charge is 2.13. The van der Waals surface area contributed by atoms with E-state index in [1.807, 2.05) is 19.1 Å². The van der Waals surface area contributed by atoms with Crippen molar-refractivity contribution in [2.24, 2.45) is 0 Å². The van der Waals surface area contributed by atoms with Gasteiger partial charge in [-0.3, -0.25) is 4.79 Å². The highest BCUT2D eigenvalue weighted by Crippen LogP contribution is 2.24. The van der Waals surface area contributed by atoms with Crippen LogP contribution in [0.3, 0.4) is 0 Å². The average Bonchev–Trinajstić information content (AvgIpc) is 2.45. The molecule has 0 atom stereocenters. The Bertz CT molecular complexity index is 703. The van der Waals surface area contributed by atoms with Crippen molar-refractivity contribution in [3.8, 4) is 5.75 Å². The second-order valence-electron chi connectivity index (χ2n) is 4.53. The first-order chi connectivity index (χ1) is 9.56. The summed E-state index contributed by atoms with van der Waals surface area (Å²) in [7, 11) is 3.13. The first-order valence-corrected chi connectivity index (χ1v) is 6.37. The smallest absolute Gasteiger partial charge is 0.339 e. The molecule has 1 amide bonds. The van der Waals surface area contributed by atoms with Gasteiger partial charge in [0.25, 0.3) is 0 Å². The number of methoxy groups -OCH3 is 1. The van der Waals surface area contributed by atoms with Gasteiger partial charge >= 0.3 is 5.63 Å². The van der Waals surface area contributed by atoms with E-state index in [9.17, 15) is 9.59 Å². The van der Waals surface area contributed by atoms with Gasteiger partial charge in [0.1, 0.15) is 11.3 Å². The molecule has 2 rings (SSSR count). The summed E-state index contributed by atoms with van der Waals surface area (Å²) in [5.41, 5.74) is 1.50. The van der Waals surface area contributed by atoms with Crippen molar-refractivity contribution in [3.63, 3.8) is 0 Å². The van der Waals surface area contributed by atoms with Gasteiger partial charge < -0.3 is 14.5 Å². The van der Waals surface area contributed by atoms with Crippen LogP contribution in [0, 0.1) is 6.92 Å². The van der Waals surface area contributed by atoms with E-state index in [1.165, 1.54) is 0 Å². The lowest BCUT2D eigenvalue weighted by Gasteiger charge is -2.08. The summed E-state index contributed by atoms with van der Waals surface area (Å²) in [5.74, 6) is 0.539. The van der Waals surface area contributed by atoms with Crippen LogP contribution in [-0.2, 0) is 11.2 Å². The number of fused-ring (bicyclic) bond motifs is 1. The maximum atomic E-state index is 12.0. The third kappa shape index (κ3) is 2.66. The Morgan fingerprint density at radius 3 is 2.80 bits per heavy atom. The molecule has 0 radical (unpaired) electrons. The molecule has 0 spiro atoms. The topological polar surface area (TPSA) is 68.5 Å². The Kier molecular flexibility index (Phi) is 4.08. The molecule has 2 aromatic rings. The SMILES string of the molecule is CNC(=O)CCc1c(C)c2ccc(OC)cc2oc1=O. The molecule has 0 unspecified atom stereocenters. The molecule has 1 heterocycles. The van der Waals surface area contributed by atoms with Crippen molar-refractivity contribution < 1.29 is 13.9 Å². The number of rotatable bonds is 4. The second kappa shape index (κ2) is 5.77. The van der Waals surface area contributed by atoms with Gasteiger partial charge in [-0.25, -0.2) is 4.79 Å². The highest BCUT2D eigenvalue weighted by molar-refractivity contribution is 5.82. The largest absolute Gasteiger partial charge is 0.497 e. The third-order valence-electron chi connectivity index (χ3n) is 3.38. The van der Waals surface area contributed by atoms with Crippen LogP contribution in [0.5, 0.6) is 5.75 Å². The summed E-state index contributed by atoms with van der Waals surface area (Å²) < 4.78 is 10.4. The molecule has 0 saturated heterocycles. The van der Waals surface area contributed by atoms with E-state index >= 15 is 0 Å². The van der Waals surface area contributed by atoms with Crippen LogP contribution in [0.2, 0.25) is 0 Å². The summed E-state index contributed by atoms with van der Waals surface area (Å²) in [6, 6.07) is 5.36. The standard InChI is InChI=1S/C15H17NO4/c1-9-11-5-4-10(19-3)8-13(11)20-15(18)12(9)6-7-14(17)16-2/h4-5,8H,6-7H2,1-3H3,(H,16,17). The molecule has 0 aliphatic heterocycles. The minimum absolute atomic E-state index is 0.0985. The fraction of sp³-hybridized carbons (Fsp3) is 0.333. The molecule has 0 aliphatic carbocycles. The lowest BCUT2D eigenvalue weighted by atomic mass is 10.0.